The Bertz CT molecular complexity index is 510. The molecule has 0 aliphatic carbocycles. The van der Waals surface area contributed by atoms with E-state index in [0.717, 1.165) is 30.3 Å². The zero-order chi connectivity index (χ0) is 11.7. The number of hydrogen-bond acceptors (Lipinski definition) is 5. The number of rotatable bonds is 2. The Labute approximate surface area is 104 Å². The van der Waals surface area contributed by atoms with Crippen molar-refractivity contribution in [3.8, 4) is 0 Å². The highest BCUT2D eigenvalue weighted by atomic mass is 32.1. The van der Waals surface area contributed by atoms with Gasteiger partial charge in [0.15, 0.2) is 0 Å². The molecule has 1 aliphatic rings. The van der Waals surface area contributed by atoms with Gasteiger partial charge >= 0.3 is 0 Å². The maximum atomic E-state index is 5.78. The van der Waals surface area contributed by atoms with E-state index >= 15 is 0 Å². The first kappa shape index (κ1) is 10.9. The fraction of sp³-hybridized carbons (Fsp3) is 0.500. The fourth-order valence-electron chi connectivity index (χ4n) is 2.48. The van der Waals surface area contributed by atoms with Crippen molar-refractivity contribution in [2.24, 2.45) is 11.7 Å². The smallest absolute Gasteiger partial charge is 0.140 e. The van der Waals surface area contributed by atoms with Crippen molar-refractivity contribution in [3.63, 3.8) is 0 Å². The Morgan fingerprint density at radius 2 is 2.41 bits per heavy atom. The highest BCUT2D eigenvalue weighted by Gasteiger charge is 2.21. The Balaban J connectivity index is 1.94. The average Bonchev–Trinajstić information content (AvgIpc) is 2.87. The highest BCUT2D eigenvalue weighted by Crippen LogP contribution is 2.29. The van der Waals surface area contributed by atoms with E-state index in [1.165, 1.54) is 18.2 Å². The van der Waals surface area contributed by atoms with Crippen molar-refractivity contribution in [1.29, 1.82) is 0 Å². The molecule has 4 nitrogen and oxygen atoms in total. The first-order valence-electron chi connectivity index (χ1n) is 6.01. The maximum Gasteiger partial charge on any atom is 0.140 e. The Morgan fingerprint density at radius 3 is 3.29 bits per heavy atom. The van der Waals surface area contributed by atoms with Crippen LogP contribution in [0.25, 0.3) is 10.2 Å². The van der Waals surface area contributed by atoms with E-state index in [2.05, 4.69) is 26.3 Å². The average molecular weight is 248 g/mol. The number of nitrogens with zero attached hydrogens (tertiary/aromatic N) is 3. The van der Waals surface area contributed by atoms with Crippen molar-refractivity contribution in [3.05, 3.63) is 17.8 Å². The Kier molecular flexibility index (Phi) is 2.94. The van der Waals surface area contributed by atoms with Crippen LogP contribution >= 0.6 is 11.3 Å². The van der Waals surface area contributed by atoms with Crippen molar-refractivity contribution in [2.75, 3.05) is 24.5 Å². The normalized spacial score (nSPS) is 21.0. The second-order valence-electron chi connectivity index (χ2n) is 4.53. The second-order valence-corrected chi connectivity index (χ2v) is 5.42. The minimum atomic E-state index is 0.604. The van der Waals surface area contributed by atoms with Crippen LogP contribution in [0, 0.1) is 5.92 Å². The van der Waals surface area contributed by atoms with Gasteiger partial charge in [-0.25, -0.2) is 9.97 Å². The van der Waals surface area contributed by atoms with Crippen molar-refractivity contribution < 1.29 is 0 Å². The standard InChI is InChI=1S/C12H16N4S/c13-6-9-2-1-4-16(7-9)11-10-3-5-17-12(10)15-8-14-11/h3,5,8-9H,1-2,4,6-7,13H2. The summed E-state index contributed by atoms with van der Waals surface area (Å²) in [5.74, 6) is 1.68. The Morgan fingerprint density at radius 1 is 1.47 bits per heavy atom. The number of thiophene rings is 1. The van der Waals surface area contributed by atoms with Gasteiger partial charge in [0, 0.05) is 13.1 Å². The molecule has 5 heteroatoms. The molecule has 0 amide bonds. The van der Waals surface area contributed by atoms with E-state index in [-0.39, 0.29) is 0 Å². The molecule has 0 bridgehead atoms. The number of aromatic nitrogens is 2. The predicted molar refractivity (Wildman–Crippen MR) is 71.4 cm³/mol. The predicted octanol–water partition coefficient (Wildman–Crippen LogP) is 1.87. The molecule has 0 spiro atoms. The second kappa shape index (κ2) is 4.58. The van der Waals surface area contributed by atoms with Gasteiger partial charge in [-0.1, -0.05) is 0 Å². The van der Waals surface area contributed by atoms with Crippen LogP contribution in [0.2, 0.25) is 0 Å². The molecule has 1 aliphatic heterocycles. The van der Waals surface area contributed by atoms with E-state index in [0.29, 0.717) is 5.92 Å². The highest BCUT2D eigenvalue weighted by molar-refractivity contribution is 7.16. The summed E-state index contributed by atoms with van der Waals surface area (Å²) in [5.41, 5.74) is 5.78. The fourth-order valence-corrected chi connectivity index (χ4v) is 3.21. The number of piperidine rings is 1. The monoisotopic (exact) mass is 248 g/mol. The lowest BCUT2D eigenvalue weighted by Gasteiger charge is -2.33. The quantitative estimate of drug-likeness (QED) is 0.881. The molecule has 3 rings (SSSR count). The number of anilines is 1. The summed E-state index contributed by atoms with van der Waals surface area (Å²) in [6, 6.07) is 2.11. The number of nitrogens with two attached hydrogens (primary N) is 1. The summed E-state index contributed by atoms with van der Waals surface area (Å²) in [5, 5.41) is 3.25. The van der Waals surface area contributed by atoms with E-state index in [4.69, 9.17) is 5.73 Å². The van der Waals surface area contributed by atoms with E-state index in [9.17, 15) is 0 Å². The topological polar surface area (TPSA) is 55.0 Å². The third-order valence-electron chi connectivity index (χ3n) is 3.39. The van der Waals surface area contributed by atoms with Crippen LogP contribution in [0.15, 0.2) is 17.8 Å². The molecular formula is C12H16N4S. The van der Waals surface area contributed by atoms with Gasteiger partial charge in [0.1, 0.15) is 17.0 Å². The number of hydrogen-bond donors (Lipinski definition) is 1. The molecule has 1 saturated heterocycles. The van der Waals surface area contributed by atoms with Gasteiger partial charge < -0.3 is 10.6 Å². The maximum absolute atomic E-state index is 5.78. The summed E-state index contributed by atoms with van der Waals surface area (Å²) in [7, 11) is 0. The summed E-state index contributed by atoms with van der Waals surface area (Å²) >= 11 is 1.67. The van der Waals surface area contributed by atoms with Crippen LogP contribution < -0.4 is 10.6 Å². The molecule has 3 heterocycles. The van der Waals surface area contributed by atoms with E-state index in [1.807, 2.05) is 0 Å². The van der Waals surface area contributed by atoms with Gasteiger partial charge in [0.25, 0.3) is 0 Å². The summed E-state index contributed by atoms with van der Waals surface area (Å²) in [4.78, 5) is 12.2. The minimum Gasteiger partial charge on any atom is -0.356 e. The van der Waals surface area contributed by atoms with E-state index in [1.54, 1.807) is 17.7 Å². The third-order valence-corrected chi connectivity index (χ3v) is 4.21. The lowest BCUT2D eigenvalue weighted by molar-refractivity contribution is 0.422. The van der Waals surface area contributed by atoms with Crippen LogP contribution in [-0.2, 0) is 0 Å². The van der Waals surface area contributed by atoms with Crippen LogP contribution in [0.3, 0.4) is 0 Å². The first-order chi connectivity index (χ1) is 8.38. The zero-order valence-corrected chi connectivity index (χ0v) is 10.5. The van der Waals surface area contributed by atoms with Crippen LogP contribution in [0.5, 0.6) is 0 Å². The van der Waals surface area contributed by atoms with Gasteiger partial charge in [-0.15, -0.1) is 11.3 Å². The van der Waals surface area contributed by atoms with Crippen molar-refractivity contribution in [1.82, 2.24) is 9.97 Å². The first-order valence-corrected chi connectivity index (χ1v) is 6.89. The summed E-state index contributed by atoms with van der Waals surface area (Å²) in [6.07, 6.45) is 4.11. The van der Waals surface area contributed by atoms with Crippen LogP contribution in [-0.4, -0.2) is 29.6 Å². The summed E-state index contributed by atoms with van der Waals surface area (Å²) in [6.45, 7) is 2.88. The summed E-state index contributed by atoms with van der Waals surface area (Å²) < 4.78 is 0. The molecule has 0 saturated carbocycles. The lowest BCUT2D eigenvalue weighted by Crippen LogP contribution is -2.38. The van der Waals surface area contributed by atoms with Crippen molar-refractivity contribution in [2.45, 2.75) is 12.8 Å². The largest absolute Gasteiger partial charge is 0.356 e. The van der Waals surface area contributed by atoms with Crippen molar-refractivity contribution >= 4 is 27.4 Å². The van der Waals surface area contributed by atoms with Gasteiger partial charge in [0.05, 0.1) is 5.39 Å². The van der Waals surface area contributed by atoms with Crippen LogP contribution in [0.4, 0.5) is 5.82 Å². The molecule has 0 radical (unpaired) electrons. The molecule has 17 heavy (non-hydrogen) atoms. The third kappa shape index (κ3) is 2.00. The molecule has 2 aromatic heterocycles. The molecule has 90 valence electrons. The zero-order valence-electron chi connectivity index (χ0n) is 9.67. The molecule has 1 atom stereocenters. The van der Waals surface area contributed by atoms with Gasteiger partial charge in [-0.2, -0.15) is 0 Å². The molecule has 1 fully saturated rings. The van der Waals surface area contributed by atoms with E-state index < -0.39 is 0 Å². The minimum absolute atomic E-state index is 0.604. The van der Waals surface area contributed by atoms with Crippen LogP contribution in [0.1, 0.15) is 12.8 Å². The Hall–Kier alpha value is -1.20. The van der Waals surface area contributed by atoms with Gasteiger partial charge in [0.2, 0.25) is 0 Å². The lowest BCUT2D eigenvalue weighted by atomic mass is 9.98. The van der Waals surface area contributed by atoms with Gasteiger partial charge in [-0.05, 0) is 36.8 Å². The SMILES string of the molecule is NCC1CCCN(c2ncnc3sccc23)C1. The molecular weight excluding hydrogens is 232 g/mol. The molecule has 1 unspecified atom stereocenters. The molecule has 2 N–H and O–H groups in total. The van der Waals surface area contributed by atoms with Gasteiger partial charge in [-0.3, -0.25) is 0 Å². The number of fused-ring (bicyclic) bond motifs is 1. The molecule has 2 aromatic rings. The molecule has 0 aromatic carbocycles.